The van der Waals surface area contributed by atoms with E-state index in [0.29, 0.717) is 18.9 Å². The molecule has 7 heteroatoms. The minimum atomic E-state index is -0.268. The molecule has 0 radical (unpaired) electrons. The van der Waals surface area contributed by atoms with Crippen LogP contribution >= 0.6 is 0 Å². The Kier molecular flexibility index (Phi) is 4.47. The number of morpholine rings is 1. The lowest BCUT2D eigenvalue weighted by molar-refractivity contribution is 0.102. The van der Waals surface area contributed by atoms with Crippen LogP contribution in [0.3, 0.4) is 0 Å². The molecular formula is C20H24N4O3. The van der Waals surface area contributed by atoms with Gasteiger partial charge in [-0.05, 0) is 26.8 Å². The molecule has 1 aromatic heterocycles. The number of aromatic nitrogens is 2. The van der Waals surface area contributed by atoms with Gasteiger partial charge in [0.25, 0.3) is 5.91 Å². The van der Waals surface area contributed by atoms with Gasteiger partial charge in [-0.3, -0.25) is 9.78 Å². The summed E-state index contributed by atoms with van der Waals surface area (Å²) in [5, 5.41) is 3.02. The van der Waals surface area contributed by atoms with Crippen LogP contribution in [0, 0.1) is 6.92 Å². The summed E-state index contributed by atoms with van der Waals surface area (Å²) in [5.41, 5.74) is 3.65. The first kappa shape index (κ1) is 17.7. The van der Waals surface area contributed by atoms with Crippen LogP contribution in [0.5, 0.6) is 5.75 Å². The van der Waals surface area contributed by atoms with Crippen molar-refractivity contribution in [1.82, 2.24) is 9.97 Å². The molecular weight excluding hydrogens is 344 g/mol. The van der Waals surface area contributed by atoms with E-state index in [4.69, 9.17) is 9.47 Å². The third-order valence-corrected chi connectivity index (χ3v) is 4.79. The third-order valence-electron chi connectivity index (χ3n) is 4.79. The van der Waals surface area contributed by atoms with E-state index in [2.05, 4.69) is 34.0 Å². The predicted octanol–water partition coefficient (Wildman–Crippen LogP) is 2.59. The molecule has 1 fully saturated rings. The molecule has 2 aliphatic rings. The number of carbonyl (C=O) groups is 1. The number of benzene rings is 1. The Labute approximate surface area is 158 Å². The fourth-order valence-corrected chi connectivity index (χ4v) is 3.50. The minimum Gasteiger partial charge on any atom is -0.487 e. The van der Waals surface area contributed by atoms with E-state index < -0.39 is 0 Å². The molecule has 2 aliphatic heterocycles. The minimum absolute atomic E-state index is 0.240. The highest BCUT2D eigenvalue weighted by atomic mass is 16.5. The van der Waals surface area contributed by atoms with Gasteiger partial charge in [0.1, 0.15) is 17.0 Å². The zero-order chi connectivity index (χ0) is 19.0. The summed E-state index contributed by atoms with van der Waals surface area (Å²) in [4.78, 5) is 23.3. The highest BCUT2D eigenvalue weighted by molar-refractivity contribution is 6.04. The second kappa shape index (κ2) is 6.81. The van der Waals surface area contributed by atoms with Crippen molar-refractivity contribution in [3.63, 3.8) is 0 Å². The number of hydrogen-bond donors (Lipinski definition) is 1. The Balaban J connectivity index is 1.67. The Morgan fingerprint density at radius 1 is 1.19 bits per heavy atom. The van der Waals surface area contributed by atoms with E-state index in [0.717, 1.165) is 47.9 Å². The van der Waals surface area contributed by atoms with Gasteiger partial charge in [0, 0.05) is 37.3 Å². The van der Waals surface area contributed by atoms with Gasteiger partial charge in [0.15, 0.2) is 0 Å². The topological polar surface area (TPSA) is 76.6 Å². The molecule has 1 N–H and O–H groups in total. The highest BCUT2D eigenvalue weighted by Crippen LogP contribution is 2.41. The Bertz CT molecular complexity index is 858. The molecule has 3 heterocycles. The first-order valence-corrected chi connectivity index (χ1v) is 9.20. The number of anilines is 2. The lowest BCUT2D eigenvalue weighted by Gasteiger charge is -2.31. The maximum absolute atomic E-state index is 12.7. The quantitative estimate of drug-likeness (QED) is 0.897. The van der Waals surface area contributed by atoms with Gasteiger partial charge < -0.3 is 19.7 Å². The molecule has 0 aliphatic carbocycles. The Hall–Kier alpha value is -2.67. The molecule has 27 heavy (non-hydrogen) atoms. The van der Waals surface area contributed by atoms with Gasteiger partial charge in [-0.1, -0.05) is 0 Å². The lowest BCUT2D eigenvalue weighted by atomic mass is 10.0. The predicted molar refractivity (Wildman–Crippen MR) is 103 cm³/mol. The summed E-state index contributed by atoms with van der Waals surface area (Å²) in [6.45, 7) is 8.86. The molecule has 1 amide bonds. The molecule has 1 aromatic carbocycles. The fourth-order valence-electron chi connectivity index (χ4n) is 3.50. The average Bonchev–Trinajstić information content (AvgIpc) is 2.95. The van der Waals surface area contributed by atoms with Crippen molar-refractivity contribution in [3.05, 3.63) is 41.5 Å². The first-order valence-electron chi connectivity index (χ1n) is 9.20. The summed E-state index contributed by atoms with van der Waals surface area (Å²) in [5.74, 6) is 0.616. The van der Waals surface area contributed by atoms with E-state index in [-0.39, 0.29) is 11.5 Å². The van der Waals surface area contributed by atoms with Crippen LogP contribution in [0.2, 0.25) is 0 Å². The van der Waals surface area contributed by atoms with Crippen LogP contribution in [-0.4, -0.2) is 47.8 Å². The van der Waals surface area contributed by atoms with Crippen molar-refractivity contribution in [1.29, 1.82) is 0 Å². The van der Waals surface area contributed by atoms with E-state index in [1.807, 2.05) is 19.1 Å². The normalized spacial score (nSPS) is 18.0. The van der Waals surface area contributed by atoms with E-state index in [1.165, 1.54) is 6.20 Å². The van der Waals surface area contributed by atoms with Crippen molar-refractivity contribution in [2.45, 2.75) is 32.8 Å². The molecule has 0 atom stereocenters. The van der Waals surface area contributed by atoms with Crippen LogP contribution < -0.4 is 15.0 Å². The molecule has 142 valence electrons. The van der Waals surface area contributed by atoms with Gasteiger partial charge in [-0.2, -0.15) is 0 Å². The van der Waals surface area contributed by atoms with Crippen molar-refractivity contribution in [2.24, 2.45) is 0 Å². The van der Waals surface area contributed by atoms with E-state index >= 15 is 0 Å². The summed E-state index contributed by atoms with van der Waals surface area (Å²) < 4.78 is 11.6. The zero-order valence-corrected chi connectivity index (χ0v) is 15.9. The van der Waals surface area contributed by atoms with Gasteiger partial charge in [0.2, 0.25) is 0 Å². The van der Waals surface area contributed by atoms with Gasteiger partial charge in [0.05, 0.1) is 36.5 Å². The van der Waals surface area contributed by atoms with Gasteiger partial charge >= 0.3 is 0 Å². The number of carbonyl (C=O) groups excluding carboxylic acids is 1. The second-order valence-corrected chi connectivity index (χ2v) is 7.61. The summed E-state index contributed by atoms with van der Waals surface area (Å²) in [7, 11) is 0. The van der Waals surface area contributed by atoms with Crippen molar-refractivity contribution in [2.75, 3.05) is 36.5 Å². The maximum atomic E-state index is 12.7. The van der Waals surface area contributed by atoms with Crippen molar-refractivity contribution >= 4 is 17.3 Å². The molecule has 4 rings (SSSR count). The number of fused-ring (bicyclic) bond motifs is 1. The Morgan fingerprint density at radius 2 is 1.96 bits per heavy atom. The lowest BCUT2D eigenvalue weighted by Crippen LogP contribution is -2.36. The van der Waals surface area contributed by atoms with E-state index in [9.17, 15) is 4.79 Å². The molecule has 0 spiro atoms. The number of hydrogen-bond acceptors (Lipinski definition) is 6. The van der Waals surface area contributed by atoms with Crippen LogP contribution in [0.1, 0.15) is 35.6 Å². The summed E-state index contributed by atoms with van der Waals surface area (Å²) in [6, 6.07) is 4.06. The SMILES string of the molecule is Cc1cnc(C(=O)Nc2cc3c(cc2N2CCOCC2)OC(C)(C)C3)cn1. The van der Waals surface area contributed by atoms with Gasteiger partial charge in [-0.15, -0.1) is 0 Å². The largest absolute Gasteiger partial charge is 0.487 e. The average molecular weight is 368 g/mol. The second-order valence-electron chi connectivity index (χ2n) is 7.61. The first-order chi connectivity index (χ1) is 12.9. The molecule has 0 saturated carbocycles. The van der Waals surface area contributed by atoms with Crippen molar-refractivity contribution in [3.8, 4) is 5.75 Å². The Morgan fingerprint density at radius 3 is 2.67 bits per heavy atom. The van der Waals surface area contributed by atoms with Crippen LogP contribution in [-0.2, 0) is 11.2 Å². The number of nitrogens with one attached hydrogen (secondary N) is 1. The monoisotopic (exact) mass is 368 g/mol. The van der Waals surface area contributed by atoms with Crippen LogP contribution in [0.4, 0.5) is 11.4 Å². The molecule has 7 nitrogen and oxygen atoms in total. The number of ether oxygens (including phenoxy) is 2. The number of nitrogens with zero attached hydrogens (tertiary/aromatic N) is 3. The highest BCUT2D eigenvalue weighted by Gasteiger charge is 2.32. The fraction of sp³-hybridized carbons (Fsp3) is 0.450. The molecule has 0 bridgehead atoms. The number of aryl methyl sites for hydroxylation is 1. The zero-order valence-electron chi connectivity index (χ0n) is 15.9. The number of rotatable bonds is 3. The smallest absolute Gasteiger partial charge is 0.275 e. The van der Waals surface area contributed by atoms with Gasteiger partial charge in [-0.25, -0.2) is 4.98 Å². The van der Waals surface area contributed by atoms with Crippen LogP contribution in [0.15, 0.2) is 24.5 Å². The van der Waals surface area contributed by atoms with Crippen LogP contribution in [0.25, 0.3) is 0 Å². The molecule has 2 aromatic rings. The van der Waals surface area contributed by atoms with Crippen molar-refractivity contribution < 1.29 is 14.3 Å². The maximum Gasteiger partial charge on any atom is 0.275 e. The standard InChI is InChI=1S/C20H24N4O3/c1-13-11-22-16(12-21-13)19(25)23-15-8-14-10-20(2,3)27-18(14)9-17(15)24-4-6-26-7-5-24/h8-9,11-12H,4-7,10H2,1-3H3,(H,23,25). The third kappa shape index (κ3) is 3.73. The molecule has 0 unspecified atom stereocenters. The molecule has 1 saturated heterocycles. The summed E-state index contributed by atoms with van der Waals surface area (Å²) in [6.07, 6.45) is 3.90. The number of amides is 1. The summed E-state index contributed by atoms with van der Waals surface area (Å²) >= 11 is 0. The van der Waals surface area contributed by atoms with E-state index in [1.54, 1.807) is 6.20 Å².